The number of carbonyl (C=O) groups is 3. The molecule has 0 aliphatic rings. The highest BCUT2D eigenvalue weighted by Crippen LogP contribution is 2.31. The van der Waals surface area contributed by atoms with Crippen molar-refractivity contribution in [2.24, 2.45) is 0 Å². The molecule has 2 N–H and O–H groups in total. The number of rotatable bonds is 10. The molecule has 37 heavy (non-hydrogen) atoms. The molecule has 0 saturated heterocycles. The SMILES string of the molecule is CCOC(CC(=O)Nc1cccc(C(F)(F)F)c1)OCC.O=CCC(=O)Nc1cccc(C(F)(F)F)c1. The summed E-state index contributed by atoms with van der Waals surface area (Å²) < 4.78 is 85.0. The maximum atomic E-state index is 12.6. The molecule has 7 nitrogen and oxygen atoms in total. The van der Waals surface area contributed by atoms with Gasteiger partial charge in [-0.3, -0.25) is 9.59 Å². The first kappa shape index (κ1) is 31.6. The van der Waals surface area contributed by atoms with Crippen molar-refractivity contribution in [2.75, 3.05) is 23.8 Å². The largest absolute Gasteiger partial charge is 0.416 e. The Hall–Kier alpha value is -3.45. The van der Waals surface area contributed by atoms with Crippen LogP contribution in [-0.2, 0) is 36.2 Å². The van der Waals surface area contributed by atoms with Gasteiger partial charge in [-0.05, 0) is 50.2 Å². The lowest BCUT2D eigenvalue weighted by molar-refractivity contribution is -0.150. The molecule has 2 rings (SSSR count). The summed E-state index contributed by atoms with van der Waals surface area (Å²) in [6.07, 6.45) is -9.69. The number of hydrogen-bond acceptors (Lipinski definition) is 5. The molecule has 0 heterocycles. The molecule has 2 aromatic carbocycles. The molecule has 0 aromatic heterocycles. The Kier molecular flexibility index (Phi) is 12.8. The minimum absolute atomic E-state index is 0.0154. The van der Waals surface area contributed by atoms with Gasteiger partial charge in [-0.1, -0.05) is 12.1 Å². The van der Waals surface area contributed by atoms with Crippen LogP contribution in [0.15, 0.2) is 48.5 Å². The van der Waals surface area contributed by atoms with Crippen LogP contribution >= 0.6 is 0 Å². The van der Waals surface area contributed by atoms with E-state index in [0.29, 0.717) is 19.5 Å². The maximum Gasteiger partial charge on any atom is 0.416 e. The number of halogens is 6. The van der Waals surface area contributed by atoms with Crippen LogP contribution in [0, 0.1) is 0 Å². The van der Waals surface area contributed by atoms with E-state index < -0.39 is 41.6 Å². The fourth-order valence-electron chi connectivity index (χ4n) is 2.74. The number of nitrogens with one attached hydrogen (secondary N) is 2. The van der Waals surface area contributed by atoms with Crippen molar-refractivity contribution >= 4 is 29.5 Å². The van der Waals surface area contributed by atoms with Crippen molar-refractivity contribution < 1.29 is 50.2 Å². The predicted molar refractivity (Wildman–Crippen MR) is 122 cm³/mol. The van der Waals surface area contributed by atoms with Crippen LogP contribution in [0.25, 0.3) is 0 Å². The van der Waals surface area contributed by atoms with E-state index in [-0.39, 0.29) is 24.2 Å². The molecular formula is C24H26F6N2O5. The molecule has 0 aliphatic heterocycles. The highest BCUT2D eigenvalue weighted by atomic mass is 19.4. The fourth-order valence-corrected chi connectivity index (χ4v) is 2.74. The summed E-state index contributed by atoms with van der Waals surface area (Å²) in [6, 6.07) is 8.66. The Morgan fingerprint density at radius 3 is 1.62 bits per heavy atom. The van der Waals surface area contributed by atoms with Gasteiger partial charge in [0.15, 0.2) is 6.29 Å². The third kappa shape index (κ3) is 12.4. The first-order valence-electron chi connectivity index (χ1n) is 10.9. The summed E-state index contributed by atoms with van der Waals surface area (Å²) in [5.74, 6) is -1.12. The summed E-state index contributed by atoms with van der Waals surface area (Å²) in [5.41, 5.74) is -1.56. The molecule has 2 aromatic rings. The van der Waals surface area contributed by atoms with E-state index in [1.54, 1.807) is 13.8 Å². The Morgan fingerprint density at radius 2 is 1.24 bits per heavy atom. The normalized spacial score (nSPS) is 11.4. The van der Waals surface area contributed by atoms with Gasteiger partial charge < -0.3 is 24.9 Å². The molecular weight excluding hydrogens is 510 g/mol. The van der Waals surface area contributed by atoms with Crippen LogP contribution in [0.1, 0.15) is 37.8 Å². The second kappa shape index (κ2) is 15.0. The number of alkyl halides is 6. The molecule has 2 amide bonds. The van der Waals surface area contributed by atoms with Crippen LogP contribution in [0.2, 0.25) is 0 Å². The average molecular weight is 536 g/mol. The lowest BCUT2D eigenvalue weighted by Crippen LogP contribution is -2.25. The lowest BCUT2D eigenvalue weighted by atomic mass is 10.2. The molecule has 0 atom stereocenters. The minimum atomic E-state index is -4.45. The molecule has 0 spiro atoms. The third-order valence-electron chi connectivity index (χ3n) is 4.27. The smallest absolute Gasteiger partial charge is 0.352 e. The quantitative estimate of drug-likeness (QED) is 0.177. The van der Waals surface area contributed by atoms with Crippen molar-refractivity contribution in [3.8, 4) is 0 Å². The van der Waals surface area contributed by atoms with Gasteiger partial charge in [0.25, 0.3) is 0 Å². The maximum absolute atomic E-state index is 12.6. The van der Waals surface area contributed by atoms with E-state index in [2.05, 4.69) is 10.6 Å². The standard InChI is InChI=1S/C14H18F3NO3.C10H8F3NO2/c1-3-20-13(21-4-2)9-12(19)18-11-7-5-6-10(8-11)14(15,16)17;11-10(12,13)7-2-1-3-8(6-7)14-9(16)4-5-15/h5-8,13H,3-4,9H2,1-2H3,(H,18,19);1-3,5-6H,4H2,(H,14,16). The Bertz CT molecular complexity index is 1020. The minimum Gasteiger partial charge on any atom is -0.352 e. The monoisotopic (exact) mass is 536 g/mol. The number of carbonyl (C=O) groups excluding carboxylic acids is 3. The highest BCUT2D eigenvalue weighted by molar-refractivity contribution is 5.98. The topological polar surface area (TPSA) is 93.7 Å². The second-order valence-electron chi connectivity index (χ2n) is 7.17. The first-order chi connectivity index (χ1) is 17.3. The van der Waals surface area contributed by atoms with E-state index >= 15 is 0 Å². The van der Waals surface area contributed by atoms with E-state index in [4.69, 9.17) is 9.47 Å². The molecule has 0 unspecified atom stereocenters. The van der Waals surface area contributed by atoms with E-state index in [1.165, 1.54) is 24.3 Å². The fraction of sp³-hybridized carbons (Fsp3) is 0.375. The van der Waals surface area contributed by atoms with Gasteiger partial charge in [-0.15, -0.1) is 0 Å². The summed E-state index contributed by atoms with van der Waals surface area (Å²) in [4.78, 5) is 32.7. The lowest BCUT2D eigenvalue weighted by Gasteiger charge is -2.16. The van der Waals surface area contributed by atoms with E-state index in [9.17, 15) is 40.7 Å². The van der Waals surface area contributed by atoms with Gasteiger partial charge in [0.2, 0.25) is 11.8 Å². The zero-order valence-corrected chi connectivity index (χ0v) is 19.9. The van der Waals surface area contributed by atoms with Crippen molar-refractivity contribution in [3.63, 3.8) is 0 Å². The number of hydrogen-bond donors (Lipinski definition) is 2. The number of ether oxygens (including phenoxy) is 2. The van der Waals surface area contributed by atoms with Crippen LogP contribution in [0.3, 0.4) is 0 Å². The Labute approximate surface area is 209 Å². The van der Waals surface area contributed by atoms with Crippen LogP contribution in [-0.4, -0.2) is 37.6 Å². The van der Waals surface area contributed by atoms with Gasteiger partial charge in [-0.25, -0.2) is 0 Å². The molecule has 0 fully saturated rings. The van der Waals surface area contributed by atoms with Crippen molar-refractivity contribution in [1.82, 2.24) is 0 Å². The summed E-state index contributed by atoms with van der Waals surface area (Å²) in [7, 11) is 0. The third-order valence-corrected chi connectivity index (χ3v) is 4.27. The Balaban J connectivity index is 0.000000384. The zero-order chi connectivity index (χ0) is 28.1. The van der Waals surface area contributed by atoms with Crippen molar-refractivity contribution in [3.05, 3.63) is 59.7 Å². The molecule has 0 radical (unpaired) electrons. The van der Waals surface area contributed by atoms with Crippen molar-refractivity contribution in [2.45, 2.75) is 45.3 Å². The van der Waals surface area contributed by atoms with Crippen LogP contribution < -0.4 is 10.6 Å². The number of benzene rings is 2. The summed E-state index contributed by atoms with van der Waals surface area (Å²) in [6.45, 7) is 4.27. The number of amides is 2. The van der Waals surface area contributed by atoms with E-state index in [1.807, 2.05) is 0 Å². The average Bonchev–Trinajstić information content (AvgIpc) is 2.79. The first-order valence-corrected chi connectivity index (χ1v) is 10.9. The molecule has 204 valence electrons. The van der Waals surface area contributed by atoms with E-state index in [0.717, 1.165) is 24.3 Å². The zero-order valence-electron chi connectivity index (χ0n) is 19.9. The number of anilines is 2. The van der Waals surface area contributed by atoms with Gasteiger partial charge >= 0.3 is 12.4 Å². The summed E-state index contributed by atoms with van der Waals surface area (Å²) in [5, 5.41) is 4.59. The van der Waals surface area contributed by atoms with Gasteiger partial charge in [0, 0.05) is 24.6 Å². The van der Waals surface area contributed by atoms with Gasteiger partial charge in [-0.2, -0.15) is 26.3 Å². The molecule has 0 aliphatic carbocycles. The van der Waals surface area contributed by atoms with Gasteiger partial charge in [0.1, 0.15) is 6.29 Å². The summed E-state index contributed by atoms with van der Waals surface area (Å²) >= 11 is 0. The number of aldehydes is 1. The van der Waals surface area contributed by atoms with Crippen molar-refractivity contribution in [1.29, 1.82) is 0 Å². The highest BCUT2D eigenvalue weighted by Gasteiger charge is 2.31. The van der Waals surface area contributed by atoms with Crippen LogP contribution in [0.5, 0.6) is 0 Å². The molecule has 0 bridgehead atoms. The van der Waals surface area contributed by atoms with Gasteiger partial charge in [0.05, 0.1) is 24.0 Å². The Morgan fingerprint density at radius 1 is 0.811 bits per heavy atom. The van der Waals surface area contributed by atoms with Crippen LogP contribution in [0.4, 0.5) is 37.7 Å². The predicted octanol–water partition coefficient (Wildman–Crippen LogP) is 5.67. The molecule has 0 saturated carbocycles. The second-order valence-corrected chi connectivity index (χ2v) is 7.17. The molecule has 13 heteroatoms.